The first-order valence-corrected chi connectivity index (χ1v) is 23.1. The molecule has 0 spiro atoms. The third kappa shape index (κ3) is 9.41. The first kappa shape index (κ1) is 48.4. The second-order valence-electron chi connectivity index (χ2n) is 17.9. The molecule has 0 amide bonds. The van der Waals surface area contributed by atoms with Crippen LogP contribution in [-0.4, -0.2) is 12.4 Å². The molecule has 1 atom stereocenters. The van der Waals surface area contributed by atoms with Gasteiger partial charge in [-0.1, -0.05) is 176 Å². The molecule has 346 valence electrons. The molecule has 8 heteroatoms. The van der Waals surface area contributed by atoms with Gasteiger partial charge in [-0.05, 0) is 118 Å². The summed E-state index contributed by atoms with van der Waals surface area (Å²) in [6.45, 7) is 14.9. The molecule has 2 nitrogen and oxygen atoms in total. The van der Waals surface area contributed by atoms with Crippen LogP contribution in [0.1, 0.15) is 95.9 Å². The molecule has 1 unspecified atom stereocenters. The minimum atomic E-state index is -5.77. The average molecular weight is 909 g/mol. The fraction of sp³-hybridized carbons (Fsp3) is 0.254. The quantitative estimate of drug-likeness (QED) is 0.113. The summed E-state index contributed by atoms with van der Waals surface area (Å²) in [4.78, 5) is 3.76. The van der Waals surface area contributed by atoms with Crippen molar-refractivity contribution in [1.29, 1.82) is 0 Å². The molecule has 8 aromatic rings. The van der Waals surface area contributed by atoms with Gasteiger partial charge in [0.1, 0.15) is 0 Å². The van der Waals surface area contributed by atoms with Crippen LogP contribution in [-0.2, 0) is 10.8 Å². The van der Waals surface area contributed by atoms with Crippen LogP contribution in [0.2, 0.25) is 0 Å². The van der Waals surface area contributed by atoms with Gasteiger partial charge in [0, 0.05) is 33.5 Å². The van der Waals surface area contributed by atoms with Gasteiger partial charge in [-0.3, -0.25) is 0 Å². The molecule has 0 radical (unpaired) electrons. The van der Waals surface area contributed by atoms with Crippen molar-refractivity contribution >= 4 is 55.7 Å². The normalized spacial score (nSPS) is 12.7. The molecule has 0 aliphatic carbocycles. The Morgan fingerprint density at radius 3 is 1.09 bits per heavy atom. The number of hydrogen-bond donors (Lipinski definition) is 0. The number of nitrogens with zero attached hydrogens (tertiary/aromatic N) is 2. The molecular weight excluding hydrogens is 851 g/mol. The van der Waals surface area contributed by atoms with Crippen molar-refractivity contribution in [3.8, 4) is 0 Å². The Morgan fingerprint density at radius 2 is 0.746 bits per heavy atom. The standard InChI is InChI=1S/C56H50F6N2.C3H8/c1-6-38(3)39-22-30-45(31-23-39)63(51-20-12-16-40-14-8-10-18-49(40)51)47-34-26-43(27-35-47)54(55(57,58)59,56(60,61)62)44-28-36-48(37-29-44)64(46-32-24-42(25-33-46)53(4,5)7-2)52-21-13-17-41-15-9-11-19-50(41)52;1-3-2/h8-38H,6-7H2,1-5H3;3H2,1-2H3. The van der Waals surface area contributed by atoms with Gasteiger partial charge < -0.3 is 9.80 Å². The average Bonchev–Trinajstić information content (AvgIpc) is 3.32. The van der Waals surface area contributed by atoms with Gasteiger partial charge in [0.2, 0.25) is 5.41 Å². The van der Waals surface area contributed by atoms with Crippen molar-refractivity contribution in [2.75, 3.05) is 9.80 Å². The van der Waals surface area contributed by atoms with E-state index in [9.17, 15) is 0 Å². The number of halogens is 6. The van der Waals surface area contributed by atoms with Crippen LogP contribution in [0.3, 0.4) is 0 Å². The second-order valence-corrected chi connectivity index (χ2v) is 17.9. The molecule has 8 rings (SSSR count). The Labute approximate surface area is 391 Å². The first-order valence-electron chi connectivity index (χ1n) is 23.1. The lowest BCUT2D eigenvalue weighted by molar-refractivity contribution is -0.288. The molecule has 0 aromatic heterocycles. The Kier molecular flexibility index (Phi) is 14.3. The van der Waals surface area contributed by atoms with Crippen molar-refractivity contribution in [3.05, 3.63) is 204 Å². The van der Waals surface area contributed by atoms with Crippen LogP contribution in [0.5, 0.6) is 0 Å². The van der Waals surface area contributed by atoms with Crippen LogP contribution < -0.4 is 9.80 Å². The third-order valence-electron chi connectivity index (χ3n) is 13.1. The van der Waals surface area contributed by atoms with E-state index in [0.29, 0.717) is 28.7 Å². The van der Waals surface area contributed by atoms with Crippen LogP contribution in [0.15, 0.2) is 182 Å². The summed E-state index contributed by atoms with van der Waals surface area (Å²) in [6.07, 6.45) is -8.46. The summed E-state index contributed by atoms with van der Waals surface area (Å²) in [5, 5.41) is 3.62. The zero-order valence-electron chi connectivity index (χ0n) is 39.2. The van der Waals surface area contributed by atoms with E-state index in [1.165, 1.54) is 30.7 Å². The van der Waals surface area contributed by atoms with Crippen molar-refractivity contribution in [2.45, 2.75) is 96.8 Å². The molecule has 0 aliphatic rings. The highest BCUT2D eigenvalue weighted by atomic mass is 19.4. The third-order valence-corrected chi connectivity index (χ3v) is 13.1. The highest BCUT2D eigenvalue weighted by Crippen LogP contribution is 2.57. The maximum absolute atomic E-state index is 15.7. The molecule has 0 fully saturated rings. The van der Waals surface area contributed by atoms with E-state index in [-0.39, 0.29) is 5.41 Å². The molecule has 0 aliphatic heterocycles. The zero-order valence-corrected chi connectivity index (χ0v) is 39.2. The molecule has 0 heterocycles. The summed E-state index contributed by atoms with van der Waals surface area (Å²) in [6, 6.07) is 52.1. The topological polar surface area (TPSA) is 6.48 Å². The number of rotatable bonds is 12. The van der Waals surface area contributed by atoms with Crippen LogP contribution in [0.25, 0.3) is 21.5 Å². The monoisotopic (exact) mass is 908 g/mol. The van der Waals surface area contributed by atoms with Gasteiger partial charge in [0.05, 0.1) is 11.4 Å². The minimum Gasteiger partial charge on any atom is -0.310 e. The van der Waals surface area contributed by atoms with Crippen LogP contribution >= 0.6 is 0 Å². The second kappa shape index (κ2) is 19.7. The Bertz CT molecular complexity index is 2860. The molecular formula is C59H58F6N2. The summed E-state index contributed by atoms with van der Waals surface area (Å²) in [5.74, 6) is 0.303. The van der Waals surface area contributed by atoms with Crippen LogP contribution in [0, 0.1) is 0 Å². The van der Waals surface area contributed by atoms with Crippen molar-refractivity contribution < 1.29 is 26.3 Å². The summed E-state index contributed by atoms with van der Waals surface area (Å²) < 4.78 is 94.3. The summed E-state index contributed by atoms with van der Waals surface area (Å²) in [7, 11) is 0. The Hall–Kier alpha value is -6.54. The van der Waals surface area contributed by atoms with Crippen molar-refractivity contribution in [1.82, 2.24) is 0 Å². The van der Waals surface area contributed by atoms with E-state index in [0.717, 1.165) is 81.2 Å². The predicted octanol–water partition coefficient (Wildman–Crippen LogP) is 19.0. The van der Waals surface area contributed by atoms with Gasteiger partial charge in [0.25, 0.3) is 0 Å². The molecule has 0 saturated heterocycles. The number of hydrogen-bond acceptors (Lipinski definition) is 2. The van der Waals surface area contributed by atoms with Gasteiger partial charge in [-0.15, -0.1) is 0 Å². The number of anilines is 6. The Morgan fingerprint density at radius 1 is 0.418 bits per heavy atom. The van der Waals surface area contributed by atoms with Gasteiger partial charge in [-0.25, -0.2) is 0 Å². The lowest BCUT2D eigenvalue weighted by Gasteiger charge is -2.39. The Balaban J connectivity index is 0.00000216. The summed E-state index contributed by atoms with van der Waals surface area (Å²) >= 11 is 0. The van der Waals surface area contributed by atoms with Gasteiger partial charge in [-0.2, -0.15) is 26.3 Å². The molecule has 0 saturated carbocycles. The van der Waals surface area contributed by atoms with E-state index in [1.807, 2.05) is 143 Å². The molecule has 67 heavy (non-hydrogen) atoms. The zero-order chi connectivity index (χ0) is 48.1. The molecule has 0 bridgehead atoms. The van der Waals surface area contributed by atoms with E-state index in [1.54, 1.807) is 0 Å². The van der Waals surface area contributed by atoms with Gasteiger partial charge >= 0.3 is 12.4 Å². The largest absolute Gasteiger partial charge is 0.411 e. The maximum atomic E-state index is 15.7. The lowest BCUT2D eigenvalue weighted by Crippen LogP contribution is -2.54. The van der Waals surface area contributed by atoms with E-state index < -0.39 is 28.9 Å². The van der Waals surface area contributed by atoms with E-state index in [2.05, 4.69) is 48.5 Å². The molecule has 8 aromatic carbocycles. The number of benzene rings is 8. The van der Waals surface area contributed by atoms with Crippen LogP contribution in [0.4, 0.5) is 60.5 Å². The highest BCUT2D eigenvalue weighted by Gasteiger charge is 2.72. The minimum absolute atomic E-state index is 0.103. The number of alkyl halides is 6. The number of fused-ring (bicyclic) bond motifs is 2. The van der Waals surface area contributed by atoms with E-state index >= 15 is 26.3 Å². The molecule has 0 N–H and O–H groups in total. The predicted molar refractivity (Wildman–Crippen MR) is 268 cm³/mol. The fourth-order valence-corrected chi connectivity index (χ4v) is 8.82. The fourth-order valence-electron chi connectivity index (χ4n) is 8.82. The van der Waals surface area contributed by atoms with Crippen molar-refractivity contribution in [3.63, 3.8) is 0 Å². The first-order chi connectivity index (χ1) is 32.0. The smallest absolute Gasteiger partial charge is 0.310 e. The van der Waals surface area contributed by atoms with Crippen molar-refractivity contribution in [2.24, 2.45) is 0 Å². The summed E-state index contributed by atoms with van der Waals surface area (Å²) in [5.41, 5.74) is -0.402. The lowest BCUT2D eigenvalue weighted by atomic mass is 9.72. The van der Waals surface area contributed by atoms with Gasteiger partial charge in [0.15, 0.2) is 0 Å². The van der Waals surface area contributed by atoms with E-state index in [4.69, 9.17) is 0 Å². The maximum Gasteiger partial charge on any atom is 0.411 e. The SMILES string of the molecule is CCC.CCC(C)c1ccc(N(c2ccc(C(c3ccc(N(c4ccc(C(C)(C)CC)cc4)c4cccc5ccccc45)cc3)(C(F)(F)F)C(F)(F)F)cc2)c2cccc3ccccc23)cc1. The highest BCUT2D eigenvalue weighted by molar-refractivity contribution is 6.00.